The van der Waals surface area contributed by atoms with Crippen molar-refractivity contribution < 1.29 is 4.79 Å². The summed E-state index contributed by atoms with van der Waals surface area (Å²) in [5, 5.41) is 1.13. The first-order chi connectivity index (χ1) is 6.81. The van der Waals surface area contributed by atoms with Crippen molar-refractivity contribution in [3.63, 3.8) is 0 Å². The lowest BCUT2D eigenvalue weighted by Crippen LogP contribution is -1.95. The van der Waals surface area contributed by atoms with Crippen LogP contribution in [0.3, 0.4) is 0 Å². The Hall–Kier alpha value is -0.860. The molecule has 72 valence electrons. The Morgan fingerprint density at radius 2 is 2.14 bits per heavy atom. The zero-order valence-electron chi connectivity index (χ0n) is 7.50. The average molecular weight is 225 g/mol. The lowest BCUT2D eigenvalue weighted by atomic mass is 10.2. The molecule has 0 radical (unpaired) electrons. The first kappa shape index (κ1) is 9.69. The molecule has 1 nitrogen and oxygen atoms in total. The van der Waals surface area contributed by atoms with Crippen LogP contribution >= 0.6 is 22.9 Å². The third-order valence-electron chi connectivity index (χ3n) is 2.02. The molecular weight excluding hydrogens is 216 g/mol. The molecule has 0 N–H and O–H groups in total. The number of hydrogen-bond acceptors (Lipinski definition) is 2. The maximum atomic E-state index is 11.5. The number of carbonyl (C=O) groups is 1. The van der Waals surface area contributed by atoms with E-state index in [0.717, 1.165) is 15.0 Å². The van der Waals surface area contributed by atoms with E-state index in [1.807, 2.05) is 30.3 Å². The summed E-state index contributed by atoms with van der Waals surface area (Å²) in [5.74, 6) is 0.536. The molecule has 2 rings (SSSR count). The highest BCUT2D eigenvalue weighted by molar-refractivity contribution is 7.20. The Bertz CT molecular complexity index is 428. The van der Waals surface area contributed by atoms with Gasteiger partial charge in [-0.25, -0.2) is 0 Å². The molecule has 0 spiro atoms. The zero-order valence-corrected chi connectivity index (χ0v) is 9.07. The first-order valence-electron chi connectivity index (χ1n) is 4.39. The minimum absolute atomic E-state index is 0.140. The quantitative estimate of drug-likeness (QED) is 0.574. The second-order valence-corrected chi connectivity index (χ2v) is 4.47. The van der Waals surface area contributed by atoms with Crippen LogP contribution in [0.4, 0.5) is 0 Å². The second kappa shape index (κ2) is 4.11. The topological polar surface area (TPSA) is 17.1 Å². The number of carbonyl (C=O) groups excluding carboxylic acids is 1. The highest BCUT2D eigenvalue weighted by Crippen LogP contribution is 2.26. The lowest BCUT2D eigenvalue weighted by molar-refractivity contribution is 0.0993. The highest BCUT2D eigenvalue weighted by Gasteiger charge is 2.08. The van der Waals surface area contributed by atoms with Gasteiger partial charge in [-0.2, -0.15) is 0 Å². The Kier molecular flexibility index (Phi) is 2.85. The van der Waals surface area contributed by atoms with Gasteiger partial charge in [0.15, 0.2) is 5.78 Å². The van der Waals surface area contributed by atoms with Crippen molar-refractivity contribution in [2.24, 2.45) is 0 Å². The summed E-state index contributed by atoms with van der Waals surface area (Å²) in [7, 11) is 0. The molecule has 0 aliphatic carbocycles. The minimum atomic E-state index is 0.140. The van der Waals surface area contributed by atoms with Crippen LogP contribution in [0, 0.1) is 0 Å². The van der Waals surface area contributed by atoms with E-state index < -0.39 is 0 Å². The Morgan fingerprint density at radius 1 is 1.36 bits per heavy atom. The Morgan fingerprint density at radius 3 is 2.86 bits per heavy atom. The van der Waals surface area contributed by atoms with E-state index in [4.69, 9.17) is 11.6 Å². The summed E-state index contributed by atoms with van der Waals surface area (Å²) in [4.78, 5) is 12.4. The third-order valence-corrected chi connectivity index (χ3v) is 3.37. The summed E-state index contributed by atoms with van der Waals surface area (Å²) in [5.41, 5.74) is 0. The van der Waals surface area contributed by atoms with E-state index in [9.17, 15) is 4.79 Å². The molecule has 3 heteroatoms. The SMILES string of the molecule is O=C(CCCl)c1cc2ccccc2s1. The summed E-state index contributed by atoms with van der Waals surface area (Å²) < 4.78 is 1.16. The largest absolute Gasteiger partial charge is 0.293 e. The molecule has 1 aromatic heterocycles. The number of halogens is 1. The molecular formula is C11H9ClOS. The van der Waals surface area contributed by atoms with Gasteiger partial charge in [0.1, 0.15) is 0 Å². The van der Waals surface area contributed by atoms with Crippen LogP contribution in [0.2, 0.25) is 0 Å². The van der Waals surface area contributed by atoms with Crippen molar-refractivity contribution in [1.29, 1.82) is 0 Å². The lowest BCUT2D eigenvalue weighted by Gasteiger charge is -1.90. The van der Waals surface area contributed by atoms with Gasteiger partial charge in [0, 0.05) is 17.0 Å². The van der Waals surface area contributed by atoms with E-state index in [1.54, 1.807) is 0 Å². The van der Waals surface area contributed by atoms with Crippen LogP contribution in [0.15, 0.2) is 30.3 Å². The molecule has 0 aliphatic heterocycles. The Labute approximate surface area is 91.3 Å². The van der Waals surface area contributed by atoms with Crippen molar-refractivity contribution >= 4 is 38.8 Å². The molecule has 0 saturated heterocycles. The second-order valence-electron chi connectivity index (χ2n) is 3.01. The fourth-order valence-corrected chi connectivity index (χ4v) is 2.53. The third kappa shape index (κ3) is 1.81. The van der Waals surface area contributed by atoms with Gasteiger partial charge in [0.25, 0.3) is 0 Å². The fraction of sp³-hybridized carbons (Fsp3) is 0.182. The van der Waals surface area contributed by atoms with Gasteiger partial charge >= 0.3 is 0 Å². The summed E-state index contributed by atoms with van der Waals surface area (Å²) in [6.07, 6.45) is 0.425. The van der Waals surface area contributed by atoms with Crippen molar-refractivity contribution in [3.8, 4) is 0 Å². The van der Waals surface area contributed by atoms with Gasteiger partial charge in [-0.15, -0.1) is 22.9 Å². The van der Waals surface area contributed by atoms with Gasteiger partial charge in [0.2, 0.25) is 0 Å². The van der Waals surface area contributed by atoms with Crippen LogP contribution in [0.5, 0.6) is 0 Å². The molecule has 0 saturated carbocycles. The maximum Gasteiger partial charge on any atom is 0.174 e. The zero-order chi connectivity index (χ0) is 9.97. The molecule has 0 aliphatic rings. The van der Waals surface area contributed by atoms with Crippen molar-refractivity contribution in [3.05, 3.63) is 35.2 Å². The van der Waals surface area contributed by atoms with Crippen molar-refractivity contribution in [1.82, 2.24) is 0 Å². The van der Waals surface area contributed by atoms with Crippen LogP contribution in [0.1, 0.15) is 16.1 Å². The number of fused-ring (bicyclic) bond motifs is 1. The summed E-state index contributed by atoms with van der Waals surface area (Å²) in [6, 6.07) is 9.94. The van der Waals surface area contributed by atoms with Gasteiger partial charge in [-0.05, 0) is 17.5 Å². The van der Waals surface area contributed by atoms with Crippen molar-refractivity contribution in [2.75, 3.05) is 5.88 Å². The minimum Gasteiger partial charge on any atom is -0.293 e. The molecule has 0 amide bonds. The standard InChI is InChI=1S/C11H9ClOS/c12-6-5-9(13)11-7-8-3-1-2-4-10(8)14-11/h1-4,7H,5-6H2. The van der Waals surface area contributed by atoms with Crippen LogP contribution in [-0.4, -0.2) is 11.7 Å². The number of benzene rings is 1. The number of Topliss-reactive ketones (excluding diaryl/α,β-unsaturated/α-hetero) is 1. The molecule has 1 heterocycles. The molecule has 0 unspecified atom stereocenters. The molecule has 14 heavy (non-hydrogen) atoms. The number of hydrogen-bond donors (Lipinski definition) is 0. The highest BCUT2D eigenvalue weighted by atomic mass is 35.5. The number of ketones is 1. The number of thiophene rings is 1. The predicted octanol–water partition coefficient (Wildman–Crippen LogP) is 3.71. The van der Waals surface area contributed by atoms with Gasteiger partial charge in [0.05, 0.1) is 4.88 Å². The van der Waals surface area contributed by atoms with Crippen LogP contribution in [0.25, 0.3) is 10.1 Å². The summed E-state index contributed by atoms with van der Waals surface area (Å²) >= 11 is 7.07. The summed E-state index contributed by atoms with van der Waals surface area (Å²) in [6.45, 7) is 0. The smallest absolute Gasteiger partial charge is 0.174 e. The van der Waals surface area contributed by atoms with E-state index in [2.05, 4.69) is 0 Å². The normalized spacial score (nSPS) is 10.6. The monoisotopic (exact) mass is 224 g/mol. The van der Waals surface area contributed by atoms with Gasteiger partial charge in [-0.1, -0.05) is 18.2 Å². The molecule has 2 aromatic rings. The molecule has 0 bridgehead atoms. The number of rotatable bonds is 3. The average Bonchev–Trinajstić information content (AvgIpc) is 2.61. The van der Waals surface area contributed by atoms with Gasteiger partial charge in [-0.3, -0.25) is 4.79 Å². The van der Waals surface area contributed by atoms with E-state index in [-0.39, 0.29) is 5.78 Å². The maximum absolute atomic E-state index is 11.5. The van der Waals surface area contributed by atoms with Crippen LogP contribution in [-0.2, 0) is 0 Å². The van der Waals surface area contributed by atoms with E-state index in [1.165, 1.54) is 11.3 Å². The fourth-order valence-electron chi connectivity index (χ4n) is 1.33. The van der Waals surface area contributed by atoms with Crippen molar-refractivity contribution in [2.45, 2.75) is 6.42 Å². The van der Waals surface area contributed by atoms with E-state index >= 15 is 0 Å². The first-order valence-corrected chi connectivity index (χ1v) is 5.74. The van der Waals surface area contributed by atoms with Crippen LogP contribution < -0.4 is 0 Å². The van der Waals surface area contributed by atoms with Gasteiger partial charge < -0.3 is 0 Å². The molecule has 0 atom stereocenters. The predicted molar refractivity (Wildman–Crippen MR) is 61.5 cm³/mol. The number of alkyl halides is 1. The molecule has 1 aromatic carbocycles. The van der Waals surface area contributed by atoms with E-state index in [0.29, 0.717) is 12.3 Å². The molecule has 0 fully saturated rings. The Balaban J connectivity index is 2.40.